The zero-order valence-electron chi connectivity index (χ0n) is 8.51. The first-order chi connectivity index (χ1) is 5.31. The molecule has 5 heteroatoms. The third-order valence-corrected chi connectivity index (χ3v) is 7.41. The van der Waals surface area contributed by atoms with Gasteiger partial charge >= 0.3 is 17.1 Å². The molecular weight excluding hydrogens is 188 g/mol. The van der Waals surface area contributed by atoms with Gasteiger partial charge in [-0.15, -0.1) is 0 Å². The maximum absolute atomic E-state index is 5.89. The molecule has 72 valence electrons. The largest absolute Gasteiger partial charge is 0.415 e. The second-order valence-electron chi connectivity index (χ2n) is 4.14. The second-order valence-corrected chi connectivity index (χ2v) is 11.1. The van der Waals surface area contributed by atoms with Gasteiger partial charge in [0.05, 0.1) is 12.7 Å². The van der Waals surface area contributed by atoms with Crippen LogP contribution in [0.25, 0.3) is 0 Å². The molecule has 0 saturated carbocycles. The molecule has 0 bridgehead atoms. The fourth-order valence-corrected chi connectivity index (χ4v) is 8.32. The zero-order chi connectivity index (χ0) is 9.41. The van der Waals surface area contributed by atoms with Crippen molar-refractivity contribution in [3.8, 4) is 0 Å². The summed E-state index contributed by atoms with van der Waals surface area (Å²) in [6.07, 6.45) is 0.181. The lowest BCUT2D eigenvalue weighted by Gasteiger charge is -2.28. The summed E-state index contributed by atoms with van der Waals surface area (Å²) >= 11 is 0. The molecule has 0 N–H and O–H groups in total. The lowest BCUT2D eigenvalue weighted by Crippen LogP contribution is -2.45. The maximum Gasteiger partial charge on any atom is 0.323 e. The first-order valence-electron chi connectivity index (χ1n) is 4.33. The zero-order valence-corrected chi connectivity index (χ0v) is 10.5. The Morgan fingerprint density at radius 3 is 2.25 bits per heavy atom. The Morgan fingerprint density at radius 1 is 1.08 bits per heavy atom. The fourth-order valence-electron chi connectivity index (χ4n) is 1.48. The molecule has 0 spiro atoms. The van der Waals surface area contributed by atoms with Crippen molar-refractivity contribution in [3.63, 3.8) is 0 Å². The lowest BCUT2D eigenvalue weighted by molar-refractivity contribution is 0.142. The molecule has 3 nitrogen and oxygen atoms in total. The summed E-state index contributed by atoms with van der Waals surface area (Å²) in [5, 5.41) is 0. The molecule has 1 rings (SSSR count). The van der Waals surface area contributed by atoms with Gasteiger partial charge in [0.1, 0.15) is 0 Å². The van der Waals surface area contributed by atoms with Gasteiger partial charge in [0.25, 0.3) is 0 Å². The fraction of sp³-hybridized carbons (Fsp3) is 1.00. The van der Waals surface area contributed by atoms with E-state index in [4.69, 9.17) is 13.0 Å². The maximum atomic E-state index is 5.89. The van der Waals surface area contributed by atoms with Crippen molar-refractivity contribution in [1.82, 2.24) is 0 Å². The molecule has 1 saturated heterocycles. The summed E-state index contributed by atoms with van der Waals surface area (Å²) < 4.78 is 17.3. The van der Waals surface area contributed by atoms with Crippen LogP contribution in [0.3, 0.4) is 0 Å². The van der Waals surface area contributed by atoms with E-state index in [9.17, 15) is 0 Å². The van der Waals surface area contributed by atoms with Crippen molar-refractivity contribution in [2.45, 2.75) is 39.2 Å². The van der Waals surface area contributed by atoms with E-state index in [0.29, 0.717) is 6.61 Å². The molecule has 1 fully saturated rings. The smallest absolute Gasteiger partial charge is 0.323 e. The monoisotopic (exact) mass is 206 g/mol. The quantitative estimate of drug-likeness (QED) is 0.566. The van der Waals surface area contributed by atoms with Crippen molar-refractivity contribution in [2.75, 3.05) is 6.61 Å². The van der Waals surface area contributed by atoms with Gasteiger partial charge in [0.15, 0.2) is 0 Å². The van der Waals surface area contributed by atoms with Gasteiger partial charge < -0.3 is 13.0 Å². The highest BCUT2D eigenvalue weighted by molar-refractivity contribution is 6.78. The van der Waals surface area contributed by atoms with Gasteiger partial charge in [-0.1, -0.05) is 0 Å². The van der Waals surface area contributed by atoms with Crippen LogP contribution in [0.15, 0.2) is 0 Å². The highest BCUT2D eigenvalue weighted by atomic mass is 28.5. The molecule has 0 aliphatic carbocycles. The Bertz CT molecular complexity index is 170. The highest BCUT2D eigenvalue weighted by Gasteiger charge is 2.40. The molecule has 1 heterocycles. The van der Waals surface area contributed by atoms with Crippen LogP contribution in [0.5, 0.6) is 0 Å². The highest BCUT2D eigenvalue weighted by Crippen LogP contribution is 2.22. The van der Waals surface area contributed by atoms with Gasteiger partial charge in [0, 0.05) is 0 Å². The molecule has 1 atom stereocenters. The predicted molar refractivity (Wildman–Crippen MR) is 52.5 cm³/mol. The van der Waals surface area contributed by atoms with E-state index in [1.165, 1.54) is 0 Å². The number of rotatable bonds is 0. The minimum absolute atomic E-state index is 0.181. The van der Waals surface area contributed by atoms with E-state index in [1.54, 1.807) is 0 Å². The van der Waals surface area contributed by atoms with E-state index < -0.39 is 17.1 Å². The van der Waals surface area contributed by atoms with E-state index in [-0.39, 0.29) is 6.10 Å². The van der Waals surface area contributed by atoms with Crippen molar-refractivity contribution in [3.05, 3.63) is 0 Å². The van der Waals surface area contributed by atoms with E-state index in [0.717, 1.165) is 0 Å². The Kier molecular flexibility index (Phi) is 2.79. The summed E-state index contributed by atoms with van der Waals surface area (Å²) in [7, 11) is -3.78. The van der Waals surface area contributed by atoms with Crippen LogP contribution in [0.2, 0.25) is 26.2 Å². The number of hydrogen-bond donors (Lipinski definition) is 0. The topological polar surface area (TPSA) is 27.7 Å². The van der Waals surface area contributed by atoms with Crippen LogP contribution in [-0.4, -0.2) is 29.8 Å². The van der Waals surface area contributed by atoms with Crippen molar-refractivity contribution >= 4 is 17.1 Å². The van der Waals surface area contributed by atoms with Gasteiger partial charge in [0.2, 0.25) is 0 Å². The van der Waals surface area contributed by atoms with Gasteiger partial charge in [-0.2, -0.15) is 0 Å². The van der Waals surface area contributed by atoms with Gasteiger partial charge in [-0.3, -0.25) is 0 Å². The average molecular weight is 206 g/mol. The summed E-state index contributed by atoms with van der Waals surface area (Å²) in [6.45, 7) is 11.0. The van der Waals surface area contributed by atoms with Crippen molar-refractivity contribution < 1.29 is 13.0 Å². The van der Waals surface area contributed by atoms with Crippen LogP contribution < -0.4 is 0 Å². The first kappa shape index (κ1) is 10.4. The molecule has 0 amide bonds. The van der Waals surface area contributed by atoms with Crippen LogP contribution in [0, 0.1) is 0 Å². The summed E-state index contributed by atoms with van der Waals surface area (Å²) in [5.74, 6) is 0. The minimum atomic E-state index is -1.90. The van der Waals surface area contributed by atoms with Crippen LogP contribution in [0.1, 0.15) is 6.92 Å². The standard InChI is InChI=1S/C7H18O3Si2/c1-7-6-8-11(2,3)10-12(4,5)9-7/h7H,6H2,1-5H3. The summed E-state index contributed by atoms with van der Waals surface area (Å²) in [4.78, 5) is 0. The van der Waals surface area contributed by atoms with Gasteiger partial charge in [-0.05, 0) is 33.1 Å². The predicted octanol–water partition coefficient (Wildman–Crippen LogP) is 1.84. The molecule has 0 aromatic carbocycles. The lowest BCUT2D eigenvalue weighted by atomic mass is 10.5. The molecule has 0 aromatic heterocycles. The number of hydrogen-bond acceptors (Lipinski definition) is 3. The van der Waals surface area contributed by atoms with E-state index in [1.807, 2.05) is 6.92 Å². The molecule has 0 aromatic rings. The average Bonchev–Trinajstić information content (AvgIpc) is 1.86. The Balaban J connectivity index is 2.69. The first-order valence-corrected chi connectivity index (χ1v) is 9.96. The molecule has 1 unspecified atom stereocenters. The summed E-state index contributed by atoms with van der Waals surface area (Å²) in [5.41, 5.74) is 0. The minimum Gasteiger partial charge on any atom is -0.415 e. The third-order valence-electron chi connectivity index (χ3n) is 1.64. The van der Waals surface area contributed by atoms with E-state index in [2.05, 4.69) is 26.2 Å². The normalized spacial score (nSPS) is 34.2. The Labute approximate surface area is 76.5 Å². The SMILES string of the molecule is CC1CO[Si](C)(C)O[Si](C)(C)O1. The molecule has 0 radical (unpaired) electrons. The van der Waals surface area contributed by atoms with E-state index >= 15 is 0 Å². The summed E-state index contributed by atoms with van der Waals surface area (Å²) in [6, 6.07) is 0. The molecule has 12 heavy (non-hydrogen) atoms. The van der Waals surface area contributed by atoms with Crippen molar-refractivity contribution in [2.24, 2.45) is 0 Å². The molecule has 1 aliphatic heterocycles. The Morgan fingerprint density at radius 2 is 1.67 bits per heavy atom. The van der Waals surface area contributed by atoms with Crippen LogP contribution in [0.4, 0.5) is 0 Å². The Hall–Kier alpha value is 0.314. The second kappa shape index (κ2) is 3.23. The van der Waals surface area contributed by atoms with Crippen LogP contribution >= 0.6 is 0 Å². The molecular formula is C7H18O3Si2. The van der Waals surface area contributed by atoms with Gasteiger partial charge in [-0.25, -0.2) is 0 Å². The van der Waals surface area contributed by atoms with Crippen LogP contribution in [-0.2, 0) is 13.0 Å². The molecule has 1 aliphatic rings. The third kappa shape index (κ3) is 2.98. The van der Waals surface area contributed by atoms with Crippen molar-refractivity contribution in [1.29, 1.82) is 0 Å².